The van der Waals surface area contributed by atoms with Crippen molar-refractivity contribution in [1.29, 1.82) is 0 Å². The minimum atomic E-state index is -2.69. The lowest BCUT2D eigenvalue weighted by molar-refractivity contribution is -0.121. The van der Waals surface area contributed by atoms with Crippen LogP contribution in [0, 0.1) is 5.92 Å². The van der Waals surface area contributed by atoms with E-state index in [0.29, 0.717) is 17.8 Å². The lowest BCUT2D eigenvalue weighted by Crippen LogP contribution is -2.16. The molecule has 1 fully saturated rings. The van der Waals surface area contributed by atoms with Crippen LogP contribution in [-0.2, 0) is 23.1 Å². The van der Waals surface area contributed by atoms with Crippen LogP contribution >= 0.6 is 0 Å². The minimum absolute atomic E-state index is 0.0511. The summed E-state index contributed by atoms with van der Waals surface area (Å²) in [6.07, 6.45) is 2.95. The second-order valence-corrected chi connectivity index (χ2v) is 9.69. The van der Waals surface area contributed by atoms with Crippen LogP contribution in [0.15, 0.2) is 48.5 Å². The third-order valence-electron chi connectivity index (χ3n) is 6.09. The molecular formula is C26H32F2O. The molecule has 3 rings (SSSR count). The molecule has 0 spiro atoms. The van der Waals surface area contributed by atoms with Crippen molar-refractivity contribution >= 4 is 5.78 Å². The standard InChI is InChI=1S/C26H32F2O/c1-25(2,3)21-12-10-20(11-13-21)22-15-16-24(29)23(22)14-9-18-5-7-19(8-6-18)17-26(4,27)28/h5-8,10-13,22-23H,9,14-17H2,1-4H3. The van der Waals surface area contributed by atoms with Crippen LogP contribution in [0.1, 0.15) is 75.1 Å². The maximum Gasteiger partial charge on any atom is 0.249 e. The van der Waals surface area contributed by atoms with Gasteiger partial charge in [-0.15, -0.1) is 0 Å². The highest BCUT2D eigenvalue weighted by Crippen LogP contribution is 2.40. The van der Waals surface area contributed by atoms with E-state index in [1.54, 1.807) is 12.1 Å². The normalized spacial score (nSPS) is 20.3. The molecule has 0 bridgehead atoms. The van der Waals surface area contributed by atoms with Gasteiger partial charge in [-0.2, -0.15) is 0 Å². The van der Waals surface area contributed by atoms with Crippen molar-refractivity contribution in [2.45, 2.75) is 77.1 Å². The van der Waals surface area contributed by atoms with Gasteiger partial charge in [-0.3, -0.25) is 4.79 Å². The van der Waals surface area contributed by atoms with Gasteiger partial charge in [0.25, 0.3) is 0 Å². The zero-order chi connectivity index (χ0) is 21.2. The van der Waals surface area contributed by atoms with Crippen LogP contribution in [0.2, 0.25) is 0 Å². The number of hydrogen-bond acceptors (Lipinski definition) is 1. The van der Waals surface area contributed by atoms with Gasteiger partial charge in [-0.25, -0.2) is 8.78 Å². The predicted octanol–water partition coefficient (Wildman–Crippen LogP) is 6.88. The Labute approximate surface area is 173 Å². The molecule has 1 saturated carbocycles. The second kappa shape index (κ2) is 8.38. The fourth-order valence-corrected chi connectivity index (χ4v) is 4.40. The molecule has 2 aromatic rings. The summed E-state index contributed by atoms with van der Waals surface area (Å²) >= 11 is 0. The Bertz CT molecular complexity index is 823. The van der Waals surface area contributed by atoms with E-state index in [1.807, 2.05) is 12.1 Å². The number of rotatable bonds is 6. The Kier molecular flexibility index (Phi) is 6.26. The summed E-state index contributed by atoms with van der Waals surface area (Å²) in [6.45, 7) is 7.56. The van der Waals surface area contributed by atoms with Crippen LogP contribution in [0.3, 0.4) is 0 Å². The Hall–Kier alpha value is -2.03. The van der Waals surface area contributed by atoms with E-state index < -0.39 is 5.92 Å². The Balaban J connectivity index is 1.65. The van der Waals surface area contributed by atoms with E-state index in [1.165, 1.54) is 11.1 Å². The zero-order valence-corrected chi connectivity index (χ0v) is 18.0. The van der Waals surface area contributed by atoms with E-state index >= 15 is 0 Å². The minimum Gasteiger partial charge on any atom is -0.299 e. The molecule has 0 radical (unpaired) electrons. The van der Waals surface area contributed by atoms with Crippen LogP contribution in [-0.4, -0.2) is 11.7 Å². The Morgan fingerprint density at radius 2 is 1.48 bits per heavy atom. The average Bonchev–Trinajstić information content (AvgIpc) is 3.00. The molecule has 156 valence electrons. The van der Waals surface area contributed by atoms with Crippen molar-refractivity contribution in [3.8, 4) is 0 Å². The summed E-state index contributed by atoms with van der Waals surface area (Å²) < 4.78 is 26.3. The lowest BCUT2D eigenvalue weighted by atomic mass is 9.82. The number of alkyl halides is 2. The van der Waals surface area contributed by atoms with E-state index in [9.17, 15) is 13.6 Å². The van der Waals surface area contributed by atoms with E-state index in [-0.39, 0.29) is 23.7 Å². The SMILES string of the molecule is CC(F)(F)Cc1ccc(CCC2C(=O)CCC2c2ccc(C(C)(C)C)cc2)cc1. The molecule has 3 heteroatoms. The highest BCUT2D eigenvalue weighted by Gasteiger charge is 2.35. The molecule has 2 aromatic carbocycles. The molecule has 0 aliphatic heterocycles. The summed E-state index contributed by atoms with van der Waals surface area (Å²) in [5, 5.41) is 0. The van der Waals surface area contributed by atoms with Crippen LogP contribution in [0.5, 0.6) is 0 Å². The molecule has 29 heavy (non-hydrogen) atoms. The third kappa shape index (κ3) is 5.74. The summed E-state index contributed by atoms with van der Waals surface area (Å²) in [6, 6.07) is 16.2. The molecule has 0 heterocycles. The van der Waals surface area contributed by atoms with Crippen molar-refractivity contribution < 1.29 is 13.6 Å². The molecule has 1 nitrogen and oxygen atoms in total. The average molecular weight is 399 g/mol. The number of aryl methyl sites for hydroxylation is 1. The van der Waals surface area contributed by atoms with Gasteiger partial charge in [0.1, 0.15) is 5.78 Å². The van der Waals surface area contributed by atoms with Crippen LogP contribution in [0.25, 0.3) is 0 Å². The highest BCUT2D eigenvalue weighted by atomic mass is 19.3. The molecule has 1 aliphatic carbocycles. The van der Waals surface area contributed by atoms with Gasteiger partial charge >= 0.3 is 0 Å². The van der Waals surface area contributed by atoms with E-state index in [2.05, 4.69) is 45.0 Å². The van der Waals surface area contributed by atoms with Crippen LogP contribution in [0.4, 0.5) is 8.78 Å². The number of Topliss-reactive ketones (excluding diaryl/α,β-unsaturated/α-hetero) is 1. The lowest BCUT2D eigenvalue weighted by Gasteiger charge is -2.22. The van der Waals surface area contributed by atoms with Crippen molar-refractivity contribution in [3.05, 3.63) is 70.8 Å². The van der Waals surface area contributed by atoms with Gasteiger partial charge in [0, 0.05) is 18.8 Å². The molecule has 1 aliphatic rings. The monoisotopic (exact) mass is 398 g/mol. The van der Waals surface area contributed by atoms with E-state index in [4.69, 9.17) is 0 Å². The first-order valence-electron chi connectivity index (χ1n) is 10.6. The fourth-order valence-electron chi connectivity index (χ4n) is 4.40. The first-order valence-corrected chi connectivity index (χ1v) is 10.6. The van der Waals surface area contributed by atoms with Gasteiger partial charge in [0.05, 0.1) is 0 Å². The molecule has 2 unspecified atom stereocenters. The number of ketones is 1. The largest absolute Gasteiger partial charge is 0.299 e. The van der Waals surface area contributed by atoms with Gasteiger partial charge in [0.15, 0.2) is 0 Å². The quantitative estimate of drug-likeness (QED) is 0.518. The predicted molar refractivity (Wildman–Crippen MR) is 115 cm³/mol. The summed E-state index contributed by atoms with van der Waals surface area (Å²) in [4.78, 5) is 12.5. The molecule has 2 atom stereocenters. The number of hydrogen-bond donors (Lipinski definition) is 0. The maximum absolute atomic E-state index is 13.2. The Morgan fingerprint density at radius 1 is 0.897 bits per heavy atom. The summed E-state index contributed by atoms with van der Waals surface area (Å²) in [7, 11) is 0. The van der Waals surface area contributed by atoms with Crippen molar-refractivity contribution in [3.63, 3.8) is 0 Å². The topological polar surface area (TPSA) is 17.1 Å². The maximum atomic E-state index is 13.2. The number of carbonyl (C=O) groups excluding carboxylic acids is 1. The zero-order valence-electron chi connectivity index (χ0n) is 18.0. The number of halogens is 2. The second-order valence-electron chi connectivity index (χ2n) is 9.69. The van der Waals surface area contributed by atoms with Gasteiger partial charge in [-0.1, -0.05) is 69.3 Å². The molecule has 0 N–H and O–H groups in total. The first kappa shape index (κ1) is 21.7. The number of carbonyl (C=O) groups is 1. The molecule has 0 saturated heterocycles. The molecule has 0 aromatic heterocycles. The van der Waals surface area contributed by atoms with Crippen molar-refractivity contribution in [2.24, 2.45) is 5.92 Å². The van der Waals surface area contributed by atoms with Gasteiger partial charge in [0.2, 0.25) is 5.92 Å². The highest BCUT2D eigenvalue weighted by molar-refractivity contribution is 5.84. The van der Waals surface area contributed by atoms with Gasteiger partial charge < -0.3 is 0 Å². The van der Waals surface area contributed by atoms with Crippen molar-refractivity contribution in [1.82, 2.24) is 0 Å². The summed E-state index contributed by atoms with van der Waals surface area (Å²) in [5.41, 5.74) is 4.44. The summed E-state index contributed by atoms with van der Waals surface area (Å²) in [5.74, 6) is -1.99. The molecule has 0 amide bonds. The fraction of sp³-hybridized carbons (Fsp3) is 0.500. The number of benzene rings is 2. The first-order chi connectivity index (χ1) is 13.5. The van der Waals surface area contributed by atoms with E-state index in [0.717, 1.165) is 31.7 Å². The van der Waals surface area contributed by atoms with Crippen molar-refractivity contribution in [2.75, 3.05) is 0 Å². The Morgan fingerprint density at radius 3 is 2.03 bits per heavy atom. The smallest absolute Gasteiger partial charge is 0.249 e. The third-order valence-corrected chi connectivity index (χ3v) is 6.09. The van der Waals surface area contributed by atoms with Crippen LogP contribution < -0.4 is 0 Å². The molecular weight excluding hydrogens is 366 g/mol. The van der Waals surface area contributed by atoms with Gasteiger partial charge in [-0.05, 0) is 59.8 Å².